The van der Waals surface area contributed by atoms with Crippen molar-refractivity contribution in [2.24, 2.45) is 5.92 Å². The molecule has 1 aliphatic heterocycles. The standard InChI is InChI=1S/C17H24FNO2/c1-2-3-6-16(13-7-9-15(18)10-8-13)19-11-4-5-14(12-19)17(20)21/h7-10,14,16H,2-6,11-12H2,1H3,(H,20,21). The van der Waals surface area contributed by atoms with Crippen molar-refractivity contribution in [1.82, 2.24) is 4.90 Å². The summed E-state index contributed by atoms with van der Waals surface area (Å²) in [5, 5.41) is 9.24. The largest absolute Gasteiger partial charge is 0.481 e. The number of aliphatic carboxylic acids is 1. The lowest BCUT2D eigenvalue weighted by atomic mass is 9.92. The molecule has 1 aliphatic rings. The highest BCUT2D eigenvalue weighted by Gasteiger charge is 2.30. The van der Waals surface area contributed by atoms with E-state index in [1.54, 1.807) is 0 Å². The number of benzene rings is 1. The molecular formula is C17H24FNO2. The van der Waals surface area contributed by atoms with Crippen molar-refractivity contribution in [2.45, 2.75) is 45.1 Å². The van der Waals surface area contributed by atoms with Crippen molar-refractivity contribution < 1.29 is 14.3 Å². The molecule has 116 valence electrons. The molecule has 0 aliphatic carbocycles. The van der Waals surface area contributed by atoms with Gasteiger partial charge in [0, 0.05) is 12.6 Å². The number of halogens is 1. The molecule has 4 heteroatoms. The van der Waals surface area contributed by atoms with Gasteiger partial charge in [-0.05, 0) is 43.5 Å². The third kappa shape index (κ3) is 4.27. The molecule has 2 atom stereocenters. The van der Waals surface area contributed by atoms with Crippen LogP contribution in [0, 0.1) is 11.7 Å². The Hall–Kier alpha value is -1.42. The number of piperidine rings is 1. The summed E-state index contributed by atoms with van der Waals surface area (Å²) in [6, 6.07) is 6.85. The van der Waals surface area contributed by atoms with Crippen molar-refractivity contribution in [1.29, 1.82) is 0 Å². The molecule has 0 aromatic heterocycles. The molecule has 0 saturated carbocycles. The summed E-state index contributed by atoms with van der Waals surface area (Å²) in [5.74, 6) is -1.20. The van der Waals surface area contributed by atoms with E-state index in [1.165, 1.54) is 12.1 Å². The van der Waals surface area contributed by atoms with Gasteiger partial charge in [-0.2, -0.15) is 0 Å². The van der Waals surface area contributed by atoms with Gasteiger partial charge in [-0.3, -0.25) is 9.69 Å². The molecule has 0 spiro atoms. The van der Waals surface area contributed by atoms with E-state index in [0.717, 1.165) is 44.2 Å². The first-order chi connectivity index (χ1) is 10.1. The topological polar surface area (TPSA) is 40.5 Å². The Kier molecular flexibility index (Phi) is 5.74. The van der Waals surface area contributed by atoms with Crippen molar-refractivity contribution >= 4 is 5.97 Å². The fourth-order valence-corrected chi connectivity index (χ4v) is 3.13. The Morgan fingerprint density at radius 2 is 2.14 bits per heavy atom. The van der Waals surface area contributed by atoms with Crippen LogP contribution in [0.25, 0.3) is 0 Å². The van der Waals surface area contributed by atoms with E-state index >= 15 is 0 Å². The van der Waals surface area contributed by atoms with Crippen LogP contribution in [0.5, 0.6) is 0 Å². The normalized spacial score (nSPS) is 21.1. The average Bonchev–Trinajstić information content (AvgIpc) is 2.49. The number of carboxylic acid groups (broad SMARTS) is 1. The van der Waals surface area contributed by atoms with E-state index in [1.807, 2.05) is 12.1 Å². The quantitative estimate of drug-likeness (QED) is 0.866. The zero-order valence-electron chi connectivity index (χ0n) is 12.6. The summed E-state index contributed by atoms with van der Waals surface area (Å²) in [5.41, 5.74) is 1.09. The van der Waals surface area contributed by atoms with Crippen LogP contribution in [0.3, 0.4) is 0 Å². The zero-order valence-corrected chi connectivity index (χ0v) is 12.6. The highest BCUT2D eigenvalue weighted by molar-refractivity contribution is 5.70. The van der Waals surface area contributed by atoms with Crippen LogP contribution >= 0.6 is 0 Å². The minimum Gasteiger partial charge on any atom is -0.481 e. The van der Waals surface area contributed by atoms with Gasteiger partial charge in [-0.15, -0.1) is 0 Å². The van der Waals surface area contributed by atoms with Gasteiger partial charge in [0.05, 0.1) is 5.92 Å². The van der Waals surface area contributed by atoms with Gasteiger partial charge in [-0.25, -0.2) is 4.39 Å². The molecule has 1 heterocycles. The number of hydrogen-bond acceptors (Lipinski definition) is 2. The van der Waals surface area contributed by atoms with Crippen LogP contribution in [-0.2, 0) is 4.79 Å². The number of nitrogens with zero attached hydrogens (tertiary/aromatic N) is 1. The number of unbranched alkanes of at least 4 members (excludes halogenated alkanes) is 1. The summed E-state index contributed by atoms with van der Waals surface area (Å²) in [6.45, 7) is 3.68. The molecule has 0 radical (unpaired) electrons. The van der Waals surface area contributed by atoms with Crippen LogP contribution in [0.2, 0.25) is 0 Å². The van der Waals surface area contributed by atoms with Crippen LogP contribution in [0.4, 0.5) is 4.39 Å². The van der Waals surface area contributed by atoms with Crippen molar-refractivity contribution in [3.05, 3.63) is 35.6 Å². The van der Waals surface area contributed by atoms with Gasteiger partial charge in [0.25, 0.3) is 0 Å². The van der Waals surface area contributed by atoms with Gasteiger partial charge in [-0.1, -0.05) is 31.9 Å². The van der Waals surface area contributed by atoms with E-state index in [-0.39, 0.29) is 17.8 Å². The predicted molar refractivity (Wildman–Crippen MR) is 80.6 cm³/mol. The van der Waals surface area contributed by atoms with Crippen molar-refractivity contribution in [3.8, 4) is 0 Å². The molecule has 21 heavy (non-hydrogen) atoms. The smallest absolute Gasteiger partial charge is 0.307 e. The summed E-state index contributed by atoms with van der Waals surface area (Å²) >= 11 is 0. The lowest BCUT2D eigenvalue weighted by molar-refractivity contribution is -0.144. The maximum absolute atomic E-state index is 13.1. The van der Waals surface area contributed by atoms with E-state index in [0.29, 0.717) is 6.54 Å². The van der Waals surface area contributed by atoms with Gasteiger partial charge in [0.1, 0.15) is 5.82 Å². The highest BCUT2D eigenvalue weighted by atomic mass is 19.1. The molecular weight excluding hydrogens is 269 g/mol. The average molecular weight is 293 g/mol. The third-order valence-corrected chi connectivity index (χ3v) is 4.33. The molecule has 0 amide bonds. The van der Waals surface area contributed by atoms with Crippen LogP contribution < -0.4 is 0 Å². The predicted octanol–water partition coefficient (Wildman–Crippen LogP) is 3.85. The molecule has 2 unspecified atom stereocenters. The molecule has 1 fully saturated rings. The van der Waals surface area contributed by atoms with Crippen LogP contribution in [-0.4, -0.2) is 29.1 Å². The summed E-state index contributed by atoms with van der Waals surface area (Å²) in [4.78, 5) is 13.5. The fraction of sp³-hybridized carbons (Fsp3) is 0.588. The summed E-state index contributed by atoms with van der Waals surface area (Å²) in [6.07, 6.45) is 4.87. The molecule has 1 aromatic rings. The van der Waals surface area contributed by atoms with Crippen molar-refractivity contribution in [2.75, 3.05) is 13.1 Å². The molecule has 1 saturated heterocycles. The number of hydrogen-bond donors (Lipinski definition) is 1. The summed E-state index contributed by atoms with van der Waals surface area (Å²) < 4.78 is 13.1. The first-order valence-electron chi connectivity index (χ1n) is 7.84. The first kappa shape index (κ1) is 16.0. The van der Waals surface area contributed by atoms with Crippen LogP contribution in [0.1, 0.15) is 50.6 Å². The first-order valence-corrected chi connectivity index (χ1v) is 7.84. The number of likely N-dealkylation sites (tertiary alicyclic amines) is 1. The maximum atomic E-state index is 13.1. The van der Waals surface area contributed by atoms with E-state index in [2.05, 4.69) is 11.8 Å². The van der Waals surface area contributed by atoms with Gasteiger partial charge < -0.3 is 5.11 Å². The Morgan fingerprint density at radius 1 is 1.43 bits per heavy atom. The second kappa shape index (κ2) is 7.55. The van der Waals surface area contributed by atoms with Gasteiger partial charge >= 0.3 is 5.97 Å². The minimum absolute atomic E-state index is 0.202. The SMILES string of the molecule is CCCCC(c1ccc(F)cc1)N1CCCC(C(=O)O)C1. The number of carboxylic acids is 1. The van der Waals surface area contributed by atoms with Gasteiger partial charge in [0.15, 0.2) is 0 Å². The van der Waals surface area contributed by atoms with E-state index < -0.39 is 5.97 Å². The second-order valence-electron chi connectivity index (χ2n) is 5.88. The van der Waals surface area contributed by atoms with Crippen molar-refractivity contribution in [3.63, 3.8) is 0 Å². The molecule has 3 nitrogen and oxygen atoms in total. The third-order valence-electron chi connectivity index (χ3n) is 4.33. The monoisotopic (exact) mass is 293 g/mol. The Labute approximate surface area is 125 Å². The molecule has 0 bridgehead atoms. The highest BCUT2D eigenvalue weighted by Crippen LogP contribution is 2.31. The Bertz CT molecular complexity index is 460. The lowest BCUT2D eigenvalue weighted by Crippen LogP contribution is -2.40. The molecule has 2 rings (SSSR count). The Balaban J connectivity index is 2.14. The second-order valence-corrected chi connectivity index (χ2v) is 5.88. The maximum Gasteiger partial charge on any atom is 0.307 e. The van der Waals surface area contributed by atoms with E-state index in [9.17, 15) is 14.3 Å². The Morgan fingerprint density at radius 3 is 2.76 bits per heavy atom. The molecule has 1 N–H and O–H groups in total. The summed E-state index contributed by atoms with van der Waals surface area (Å²) in [7, 11) is 0. The molecule has 1 aromatic carbocycles. The minimum atomic E-state index is -0.701. The zero-order chi connectivity index (χ0) is 15.2. The lowest BCUT2D eigenvalue weighted by Gasteiger charge is -2.37. The van der Waals surface area contributed by atoms with E-state index in [4.69, 9.17) is 0 Å². The number of carbonyl (C=O) groups is 1. The number of rotatable bonds is 6. The van der Waals surface area contributed by atoms with Crippen LogP contribution in [0.15, 0.2) is 24.3 Å². The fourth-order valence-electron chi connectivity index (χ4n) is 3.13. The van der Waals surface area contributed by atoms with Gasteiger partial charge in [0.2, 0.25) is 0 Å².